The third-order valence-electron chi connectivity index (χ3n) is 2.09. The van der Waals surface area contributed by atoms with Gasteiger partial charge < -0.3 is 5.73 Å². The minimum atomic E-state index is -0.946. The number of rotatable bonds is 2. The van der Waals surface area contributed by atoms with Gasteiger partial charge in [-0.1, -0.05) is 6.07 Å². The number of fused-ring (bicyclic) bond motifs is 1. The first kappa shape index (κ1) is 9.33. The Balaban J connectivity index is 2.56. The van der Waals surface area contributed by atoms with Crippen molar-refractivity contribution in [3.05, 3.63) is 42.1 Å². The van der Waals surface area contributed by atoms with E-state index < -0.39 is 11.7 Å². The highest BCUT2D eigenvalue weighted by Gasteiger charge is 2.12. The molecule has 0 saturated heterocycles. The van der Waals surface area contributed by atoms with Gasteiger partial charge in [-0.25, -0.2) is 0 Å². The van der Waals surface area contributed by atoms with Crippen LogP contribution in [-0.2, 0) is 4.79 Å². The van der Waals surface area contributed by atoms with Crippen molar-refractivity contribution in [1.82, 2.24) is 4.98 Å². The predicted molar refractivity (Wildman–Crippen MR) is 55.3 cm³/mol. The SMILES string of the molecule is NC(=O)C(=O)c1ccc2ncccc2c1. The molecule has 74 valence electrons. The first-order valence-electron chi connectivity index (χ1n) is 4.37. The lowest BCUT2D eigenvalue weighted by molar-refractivity contribution is -0.114. The van der Waals surface area contributed by atoms with E-state index in [-0.39, 0.29) is 0 Å². The molecule has 2 rings (SSSR count). The number of primary amides is 1. The molecule has 0 saturated carbocycles. The highest BCUT2D eigenvalue weighted by molar-refractivity contribution is 6.42. The van der Waals surface area contributed by atoms with E-state index in [1.807, 2.05) is 6.07 Å². The molecule has 15 heavy (non-hydrogen) atoms. The van der Waals surface area contributed by atoms with Gasteiger partial charge in [-0.15, -0.1) is 0 Å². The van der Waals surface area contributed by atoms with Crippen LogP contribution in [0.1, 0.15) is 10.4 Å². The summed E-state index contributed by atoms with van der Waals surface area (Å²) in [5.41, 5.74) is 5.98. The molecule has 4 heteroatoms. The van der Waals surface area contributed by atoms with Crippen LogP contribution >= 0.6 is 0 Å². The normalized spacial score (nSPS) is 10.1. The first-order chi connectivity index (χ1) is 7.18. The molecule has 0 spiro atoms. The highest BCUT2D eigenvalue weighted by atomic mass is 16.2. The van der Waals surface area contributed by atoms with Crippen LogP contribution in [0.4, 0.5) is 0 Å². The van der Waals surface area contributed by atoms with Crippen molar-refractivity contribution >= 4 is 22.6 Å². The Labute approximate surface area is 85.7 Å². The lowest BCUT2D eigenvalue weighted by Crippen LogP contribution is -2.22. The summed E-state index contributed by atoms with van der Waals surface area (Å²) in [4.78, 5) is 26.1. The van der Waals surface area contributed by atoms with Crippen molar-refractivity contribution in [3.63, 3.8) is 0 Å². The summed E-state index contributed by atoms with van der Waals surface area (Å²) >= 11 is 0. The number of nitrogens with two attached hydrogens (primary N) is 1. The molecular formula is C11H8N2O2. The van der Waals surface area contributed by atoms with Crippen LogP contribution in [0.3, 0.4) is 0 Å². The molecule has 0 bridgehead atoms. The number of carbonyl (C=O) groups is 2. The van der Waals surface area contributed by atoms with Crippen LogP contribution in [-0.4, -0.2) is 16.7 Å². The smallest absolute Gasteiger partial charge is 0.289 e. The maximum absolute atomic E-state index is 11.3. The minimum absolute atomic E-state index is 0.294. The van der Waals surface area contributed by atoms with Crippen molar-refractivity contribution < 1.29 is 9.59 Å². The molecule has 0 unspecified atom stereocenters. The second-order valence-corrected chi connectivity index (χ2v) is 3.10. The summed E-state index contributed by atoms with van der Waals surface area (Å²) in [6, 6.07) is 8.42. The molecular weight excluding hydrogens is 192 g/mol. The molecule has 2 N–H and O–H groups in total. The van der Waals surface area contributed by atoms with E-state index in [4.69, 9.17) is 5.73 Å². The maximum atomic E-state index is 11.3. The molecule has 0 aliphatic carbocycles. The van der Waals surface area contributed by atoms with Gasteiger partial charge in [0.2, 0.25) is 5.78 Å². The topological polar surface area (TPSA) is 73.1 Å². The molecule has 0 radical (unpaired) electrons. The number of Topliss-reactive ketones (excluding diaryl/α,β-unsaturated/α-hetero) is 1. The van der Waals surface area contributed by atoms with E-state index in [1.54, 1.807) is 30.5 Å². The molecule has 0 aliphatic heterocycles. The first-order valence-corrected chi connectivity index (χ1v) is 4.37. The Hall–Kier alpha value is -2.23. The van der Waals surface area contributed by atoms with Crippen molar-refractivity contribution in [1.29, 1.82) is 0 Å². The van der Waals surface area contributed by atoms with Gasteiger partial charge in [0.05, 0.1) is 5.52 Å². The largest absolute Gasteiger partial charge is 0.363 e. The van der Waals surface area contributed by atoms with Crippen molar-refractivity contribution in [2.45, 2.75) is 0 Å². The van der Waals surface area contributed by atoms with Gasteiger partial charge in [-0.3, -0.25) is 14.6 Å². The second kappa shape index (κ2) is 3.49. The van der Waals surface area contributed by atoms with E-state index in [2.05, 4.69) is 4.98 Å². The number of benzene rings is 1. The molecule has 1 aromatic heterocycles. The van der Waals surface area contributed by atoms with E-state index in [1.165, 1.54) is 0 Å². The molecule has 1 amide bonds. The molecule has 4 nitrogen and oxygen atoms in total. The number of nitrogens with zero attached hydrogens (tertiary/aromatic N) is 1. The average Bonchev–Trinajstić information content (AvgIpc) is 2.27. The Morgan fingerprint density at radius 2 is 2.00 bits per heavy atom. The summed E-state index contributed by atoms with van der Waals surface area (Å²) in [5, 5.41) is 0.810. The zero-order valence-electron chi connectivity index (χ0n) is 7.81. The van der Waals surface area contributed by atoms with Crippen LogP contribution in [0.25, 0.3) is 10.9 Å². The fourth-order valence-corrected chi connectivity index (χ4v) is 1.36. The van der Waals surface area contributed by atoms with Crippen LogP contribution in [0.2, 0.25) is 0 Å². The Morgan fingerprint density at radius 1 is 1.20 bits per heavy atom. The summed E-state index contributed by atoms with van der Waals surface area (Å²) in [5.74, 6) is -1.63. The predicted octanol–water partition coefficient (Wildman–Crippen LogP) is 0.903. The second-order valence-electron chi connectivity index (χ2n) is 3.10. The minimum Gasteiger partial charge on any atom is -0.363 e. The standard InChI is InChI=1S/C11H8N2O2/c12-11(15)10(14)8-3-4-9-7(6-8)2-1-5-13-9/h1-6H,(H2,12,15). The van der Waals surface area contributed by atoms with Crippen LogP contribution in [0.5, 0.6) is 0 Å². The number of ketones is 1. The Morgan fingerprint density at radius 3 is 2.73 bits per heavy atom. The van der Waals surface area contributed by atoms with E-state index in [9.17, 15) is 9.59 Å². The lowest BCUT2D eigenvalue weighted by Gasteiger charge is -1.99. The fourth-order valence-electron chi connectivity index (χ4n) is 1.36. The number of aromatic nitrogens is 1. The van der Waals surface area contributed by atoms with Gasteiger partial charge >= 0.3 is 0 Å². The van der Waals surface area contributed by atoms with Crippen LogP contribution in [0.15, 0.2) is 36.5 Å². The van der Waals surface area contributed by atoms with E-state index in [0.717, 1.165) is 10.9 Å². The Bertz CT molecular complexity index is 549. The quantitative estimate of drug-likeness (QED) is 0.578. The van der Waals surface area contributed by atoms with Gasteiger partial charge in [0.1, 0.15) is 0 Å². The van der Waals surface area contributed by atoms with E-state index >= 15 is 0 Å². The number of pyridine rings is 1. The van der Waals surface area contributed by atoms with Crippen LogP contribution < -0.4 is 5.73 Å². The molecule has 0 aliphatic rings. The third kappa shape index (κ3) is 1.69. The molecule has 2 aromatic rings. The van der Waals surface area contributed by atoms with Gasteiger partial charge in [0, 0.05) is 17.1 Å². The third-order valence-corrected chi connectivity index (χ3v) is 2.09. The van der Waals surface area contributed by atoms with Crippen molar-refractivity contribution in [3.8, 4) is 0 Å². The van der Waals surface area contributed by atoms with Crippen molar-refractivity contribution in [2.75, 3.05) is 0 Å². The van der Waals surface area contributed by atoms with Gasteiger partial charge in [-0.2, -0.15) is 0 Å². The number of carbonyl (C=O) groups excluding carboxylic acids is 2. The zero-order valence-corrected chi connectivity index (χ0v) is 7.81. The number of amides is 1. The molecule has 0 fully saturated rings. The summed E-state index contributed by atoms with van der Waals surface area (Å²) in [6.45, 7) is 0. The maximum Gasteiger partial charge on any atom is 0.289 e. The fraction of sp³-hybridized carbons (Fsp3) is 0. The zero-order chi connectivity index (χ0) is 10.8. The van der Waals surface area contributed by atoms with E-state index in [0.29, 0.717) is 5.56 Å². The van der Waals surface area contributed by atoms with Crippen molar-refractivity contribution in [2.24, 2.45) is 5.73 Å². The lowest BCUT2D eigenvalue weighted by atomic mass is 10.1. The number of hydrogen-bond acceptors (Lipinski definition) is 3. The molecule has 1 aromatic carbocycles. The highest BCUT2D eigenvalue weighted by Crippen LogP contribution is 2.13. The summed E-state index contributed by atoms with van der Waals surface area (Å²) in [7, 11) is 0. The summed E-state index contributed by atoms with van der Waals surface area (Å²) < 4.78 is 0. The molecule has 0 atom stereocenters. The van der Waals surface area contributed by atoms with Gasteiger partial charge in [0.15, 0.2) is 0 Å². The number of hydrogen-bond donors (Lipinski definition) is 1. The van der Waals surface area contributed by atoms with Gasteiger partial charge in [0.25, 0.3) is 5.91 Å². The van der Waals surface area contributed by atoms with Gasteiger partial charge in [-0.05, 0) is 24.3 Å². The average molecular weight is 200 g/mol. The molecule has 1 heterocycles. The summed E-state index contributed by atoms with van der Waals surface area (Å²) in [6.07, 6.45) is 1.66. The van der Waals surface area contributed by atoms with Crippen LogP contribution in [0, 0.1) is 0 Å². The monoisotopic (exact) mass is 200 g/mol. The Kier molecular flexibility index (Phi) is 2.17.